The molecule has 1 heterocycles. The van der Waals surface area contributed by atoms with Crippen molar-refractivity contribution in [1.82, 2.24) is 0 Å². The highest BCUT2D eigenvalue weighted by Gasteiger charge is 2.17. The van der Waals surface area contributed by atoms with Crippen LogP contribution in [0.1, 0.15) is 27.8 Å². The number of aryl methyl sites for hydroxylation is 1. The number of rotatable bonds is 4. The highest BCUT2D eigenvalue weighted by Crippen LogP contribution is 2.34. The normalized spacial score (nSPS) is 10.4. The van der Waals surface area contributed by atoms with Gasteiger partial charge in [0, 0.05) is 35.2 Å². The molecular weight excluding hydrogens is 388 g/mol. The van der Waals surface area contributed by atoms with Crippen molar-refractivity contribution in [2.75, 3.05) is 14.2 Å². The number of ether oxygens (including phenoxy) is 2. The molecule has 0 saturated heterocycles. The molecule has 0 fully saturated rings. The zero-order valence-electron chi connectivity index (χ0n) is 17.7. The van der Waals surface area contributed by atoms with Crippen molar-refractivity contribution < 1.29 is 13.9 Å². The van der Waals surface area contributed by atoms with E-state index in [4.69, 9.17) is 13.9 Å². The Morgan fingerprint density at radius 2 is 1.55 bits per heavy atom. The van der Waals surface area contributed by atoms with Gasteiger partial charge in [0.15, 0.2) is 0 Å². The molecule has 4 nitrogen and oxygen atoms in total. The average Bonchev–Trinajstić information content (AvgIpc) is 2.81. The molecule has 0 radical (unpaired) electrons. The van der Waals surface area contributed by atoms with E-state index in [-0.39, 0.29) is 5.63 Å². The van der Waals surface area contributed by atoms with Crippen LogP contribution in [-0.2, 0) is 6.42 Å². The summed E-state index contributed by atoms with van der Waals surface area (Å²) in [4.78, 5) is 12.7. The number of benzene rings is 3. The molecule has 0 spiro atoms. The number of hydrogen-bond acceptors (Lipinski definition) is 4. The van der Waals surface area contributed by atoms with Crippen LogP contribution in [0.3, 0.4) is 0 Å². The van der Waals surface area contributed by atoms with Crippen LogP contribution in [0.4, 0.5) is 0 Å². The summed E-state index contributed by atoms with van der Waals surface area (Å²) in [5.41, 5.74) is 4.46. The lowest BCUT2D eigenvalue weighted by atomic mass is 9.98. The molecule has 0 amide bonds. The fraction of sp³-hybridized carbons (Fsp3) is 0.148. The maximum absolute atomic E-state index is 12.7. The molecule has 3 aromatic carbocycles. The maximum Gasteiger partial charge on any atom is 0.340 e. The number of methoxy groups -OCH3 is 2. The van der Waals surface area contributed by atoms with Crippen LogP contribution in [0.25, 0.3) is 11.0 Å². The summed E-state index contributed by atoms with van der Waals surface area (Å²) in [6.45, 7) is 1.92. The van der Waals surface area contributed by atoms with Crippen molar-refractivity contribution in [3.05, 3.63) is 105 Å². The third-order valence-corrected chi connectivity index (χ3v) is 5.23. The van der Waals surface area contributed by atoms with Gasteiger partial charge in [-0.15, -0.1) is 0 Å². The smallest absolute Gasteiger partial charge is 0.340 e. The van der Waals surface area contributed by atoms with Crippen LogP contribution >= 0.6 is 0 Å². The molecule has 31 heavy (non-hydrogen) atoms. The molecule has 0 aliphatic carbocycles. The molecule has 1 aromatic heterocycles. The molecule has 154 valence electrons. The van der Waals surface area contributed by atoms with Crippen LogP contribution in [0.5, 0.6) is 11.5 Å². The molecule has 0 bridgehead atoms. The molecule has 0 saturated carbocycles. The lowest BCUT2D eigenvalue weighted by Gasteiger charge is -2.12. The van der Waals surface area contributed by atoms with Gasteiger partial charge in [0.2, 0.25) is 0 Å². The Kier molecular flexibility index (Phi) is 5.77. The van der Waals surface area contributed by atoms with Crippen molar-refractivity contribution >= 4 is 11.0 Å². The van der Waals surface area contributed by atoms with E-state index >= 15 is 0 Å². The van der Waals surface area contributed by atoms with Crippen molar-refractivity contribution in [3.8, 4) is 23.3 Å². The van der Waals surface area contributed by atoms with Crippen molar-refractivity contribution in [2.45, 2.75) is 13.3 Å². The van der Waals surface area contributed by atoms with E-state index < -0.39 is 0 Å². The zero-order chi connectivity index (χ0) is 21.8. The fourth-order valence-electron chi connectivity index (χ4n) is 3.54. The van der Waals surface area contributed by atoms with Crippen LogP contribution in [0.15, 0.2) is 75.9 Å². The maximum atomic E-state index is 12.7. The van der Waals surface area contributed by atoms with Gasteiger partial charge in [0.25, 0.3) is 0 Å². The second-order valence-corrected chi connectivity index (χ2v) is 7.19. The van der Waals surface area contributed by atoms with Crippen LogP contribution < -0.4 is 15.1 Å². The van der Waals surface area contributed by atoms with Gasteiger partial charge in [-0.1, -0.05) is 42.2 Å². The minimum Gasteiger partial charge on any atom is -0.496 e. The molecule has 0 atom stereocenters. The summed E-state index contributed by atoms with van der Waals surface area (Å²) in [6.07, 6.45) is 0.464. The Labute approximate surface area is 181 Å². The first-order valence-electron chi connectivity index (χ1n) is 9.93. The molecule has 4 rings (SSSR count). The van der Waals surface area contributed by atoms with Gasteiger partial charge in [0.1, 0.15) is 17.1 Å². The highest BCUT2D eigenvalue weighted by atomic mass is 16.5. The Hall–Kier alpha value is -3.97. The number of fused-ring (bicyclic) bond motifs is 1. The average molecular weight is 410 g/mol. The van der Waals surface area contributed by atoms with Crippen LogP contribution in [0.2, 0.25) is 0 Å². The minimum atomic E-state index is -0.353. The van der Waals surface area contributed by atoms with E-state index in [1.165, 1.54) is 0 Å². The summed E-state index contributed by atoms with van der Waals surface area (Å²) in [7, 11) is 3.15. The molecule has 4 heteroatoms. The topological polar surface area (TPSA) is 48.7 Å². The van der Waals surface area contributed by atoms with E-state index in [0.29, 0.717) is 29.1 Å². The first kappa shape index (κ1) is 20.3. The van der Waals surface area contributed by atoms with Crippen molar-refractivity contribution in [2.24, 2.45) is 0 Å². The highest BCUT2D eigenvalue weighted by molar-refractivity contribution is 5.89. The Balaban J connectivity index is 1.66. The predicted molar refractivity (Wildman–Crippen MR) is 122 cm³/mol. The first-order chi connectivity index (χ1) is 15.1. The minimum absolute atomic E-state index is 0.353. The zero-order valence-corrected chi connectivity index (χ0v) is 17.7. The third-order valence-electron chi connectivity index (χ3n) is 5.23. The van der Waals surface area contributed by atoms with Crippen LogP contribution in [0, 0.1) is 18.8 Å². The van der Waals surface area contributed by atoms with Crippen molar-refractivity contribution in [3.63, 3.8) is 0 Å². The van der Waals surface area contributed by atoms with E-state index in [1.807, 2.05) is 61.5 Å². The van der Waals surface area contributed by atoms with Gasteiger partial charge in [-0.05, 0) is 42.3 Å². The molecule has 0 N–H and O–H groups in total. The fourth-order valence-corrected chi connectivity index (χ4v) is 3.54. The molecule has 0 aliphatic rings. The molecular formula is C27H22O4. The van der Waals surface area contributed by atoms with E-state index in [0.717, 1.165) is 27.6 Å². The van der Waals surface area contributed by atoms with Gasteiger partial charge >= 0.3 is 5.63 Å². The van der Waals surface area contributed by atoms with Gasteiger partial charge in [-0.3, -0.25) is 0 Å². The monoisotopic (exact) mass is 410 g/mol. The number of hydrogen-bond donors (Lipinski definition) is 0. The second-order valence-electron chi connectivity index (χ2n) is 7.19. The molecule has 0 aliphatic heterocycles. The lowest BCUT2D eigenvalue weighted by molar-refractivity contribution is 0.395. The van der Waals surface area contributed by atoms with Gasteiger partial charge in [0.05, 0.1) is 19.6 Å². The summed E-state index contributed by atoms with van der Waals surface area (Å²) in [5.74, 6) is 7.51. The lowest BCUT2D eigenvalue weighted by Crippen LogP contribution is -2.11. The quantitative estimate of drug-likeness (QED) is 0.347. The predicted octanol–water partition coefficient (Wildman–Crippen LogP) is 5.11. The largest absolute Gasteiger partial charge is 0.496 e. The third kappa shape index (κ3) is 4.31. The van der Waals surface area contributed by atoms with E-state index in [2.05, 4.69) is 11.8 Å². The summed E-state index contributed by atoms with van der Waals surface area (Å²) < 4.78 is 16.4. The molecule has 0 unspecified atom stereocenters. The summed E-state index contributed by atoms with van der Waals surface area (Å²) in [5, 5.41) is 0.781. The van der Waals surface area contributed by atoms with Crippen molar-refractivity contribution in [1.29, 1.82) is 0 Å². The molecule has 4 aromatic rings. The standard InChI is InChI=1S/C27H22O4/c1-18-23(27(28)31-25-17-22(29-2)16-24(30-3)26(18)25)15-21-13-11-20(12-14-21)10-9-19-7-5-4-6-8-19/h4-8,11-14,16-17H,15H2,1-3H3. The van der Waals surface area contributed by atoms with E-state index in [1.54, 1.807) is 26.4 Å². The first-order valence-corrected chi connectivity index (χ1v) is 9.93. The Bertz CT molecular complexity index is 1340. The van der Waals surface area contributed by atoms with E-state index in [9.17, 15) is 4.79 Å². The Morgan fingerprint density at radius 1 is 0.871 bits per heavy atom. The van der Waals surface area contributed by atoms with Gasteiger partial charge in [-0.2, -0.15) is 0 Å². The van der Waals surface area contributed by atoms with Crippen LogP contribution in [-0.4, -0.2) is 14.2 Å². The van der Waals surface area contributed by atoms with Gasteiger partial charge in [-0.25, -0.2) is 4.79 Å². The second kappa shape index (κ2) is 8.81. The van der Waals surface area contributed by atoms with Gasteiger partial charge < -0.3 is 13.9 Å². The SMILES string of the molecule is COc1cc(OC)c2c(C)c(Cc3ccc(C#Cc4ccccc4)cc3)c(=O)oc2c1. The Morgan fingerprint density at radius 3 is 2.19 bits per heavy atom. The summed E-state index contributed by atoms with van der Waals surface area (Å²) in [6, 6.07) is 21.3. The summed E-state index contributed by atoms with van der Waals surface area (Å²) >= 11 is 0.